The van der Waals surface area contributed by atoms with Crippen LogP contribution in [0.2, 0.25) is 0 Å². The fraction of sp³-hybridized carbons (Fsp3) is 0.438. The Morgan fingerprint density at radius 2 is 1.76 bits per heavy atom. The summed E-state index contributed by atoms with van der Waals surface area (Å²) in [4.78, 5) is 4.45. The van der Waals surface area contributed by atoms with E-state index in [0.29, 0.717) is 17.7 Å². The average molecular weight is 291 g/mol. The van der Waals surface area contributed by atoms with Crippen LogP contribution in [0.3, 0.4) is 0 Å². The van der Waals surface area contributed by atoms with Crippen LogP contribution in [0.1, 0.15) is 37.8 Å². The molecule has 0 unspecified atom stereocenters. The van der Waals surface area contributed by atoms with E-state index in [9.17, 15) is 8.78 Å². The lowest BCUT2D eigenvalue weighted by molar-refractivity contribution is 0.460. The van der Waals surface area contributed by atoms with Gasteiger partial charge in [0.05, 0.1) is 11.4 Å². The summed E-state index contributed by atoms with van der Waals surface area (Å²) in [5, 5.41) is 3.41. The van der Waals surface area contributed by atoms with Crippen molar-refractivity contribution in [3.8, 4) is 5.69 Å². The van der Waals surface area contributed by atoms with Gasteiger partial charge in [-0.25, -0.2) is 13.8 Å². The highest BCUT2D eigenvalue weighted by atomic mass is 19.1. The minimum Gasteiger partial charge on any atom is -0.353 e. The first kappa shape index (κ1) is 14.0. The fourth-order valence-corrected chi connectivity index (χ4v) is 2.90. The molecule has 0 spiro atoms. The maximum absolute atomic E-state index is 13.4. The van der Waals surface area contributed by atoms with Crippen LogP contribution in [-0.2, 0) is 0 Å². The lowest BCUT2D eigenvalue weighted by Crippen LogP contribution is -2.24. The number of imidazole rings is 1. The van der Waals surface area contributed by atoms with E-state index in [1.54, 1.807) is 10.8 Å². The Labute approximate surface area is 123 Å². The van der Waals surface area contributed by atoms with Crippen LogP contribution in [0.25, 0.3) is 5.69 Å². The number of benzene rings is 1. The van der Waals surface area contributed by atoms with Gasteiger partial charge in [0.2, 0.25) is 5.95 Å². The Kier molecular flexibility index (Phi) is 3.90. The van der Waals surface area contributed by atoms with E-state index in [0.717, 1.165) is 24.6 Å². The molecular formula is C16H19F2N3. The Bertz CT molecular complexity index is 610. The second-order valence-electron chi connectivity index (χ2n) is 5.68. The highest BCUT2D eigenvalue weighted by molar-refractivity contribution is 5.44. The molecule has 1 aromatic heterocycles. The number of halogens is 2. The summed E-state index contributed by atoms with van der Waals surface area (Å²) >= 11 is 0. The van der Waals surface area contributed by atoms with E-state index in [2.05, 4.69) is 10.3 Å². The molecular weight excluding hydrogens is 272 g/mol. The molecule has 112 valence electrons. The van der Waals surface area contributed by atoms with Gasteiger partial charge in [-0.3, -0.25) is 4.57 Å². The monoisotopic (exact) mass is 291 g/mol. The van der Waals surface area contributed by atoms with Crippen LogP contribution in [0, 0.1) is 18.6 Å². The Hall–Kier alpha value is -1.91. The number of anilines is 1. The number of hydrogen-bond donors (Lipinski definition) is 1. The van der Waals surface area contributed by atoms with Gasteiger partial charge in [0, 0.05) is 18.3 Å². The summed E-state index contributed by atoms with van der Waals surface area (Å²) in [6.07, 6.45) is 7.73. The third kappa shape index (κ3) is 3.23. The standard InChI is InChI=1S/C16H19F2N3/c1-11-10-21(15-8-12(17)7-13(18)9-15)16(19-11)20-14-5-3-2-4-6-14/h7-10,14H,2-6H2,1H3,(H,19,20). The van der Waals surface area contributed by atoms with Crippen LogP contribution < -0.4 is 5.32 Å². The van der Waals surface area contributed by atoms with Crippen molar-refractivity contribution >= 4 is 5.95 Å². The van der Waals surface area contributed by atoms with Crippen LogP contribution in [0.4, 0.5) is 14.7 Å². The van der Waals surface area contributed by atoms with E-state index in [1.165, 1.54) is 31.4 Å². The quantitative estimate of drug-likeness (QED) is 0.918. The van der Waals surface area contributed by atoms with Gasteiger partial charge in [0.1, 0.15) is 11.6 Å². The first-order chi connectivity index (χ1) is 10.1. The molecule has 1 N–H and O–H groups in total. The lowest BCUT2D eigenvalue weighted by atomic mass is 9.96. The number of hydrogen-bond acceptors (Lipinski definition) is 2. The summed E-state index contributed by atoms with van der Waals surface area (Å²) < 4.78 is 28.6. The van der Waals surface area contributed by atoms with Crippen LogP contribution >= 0.6 is 0 Å². The van der Waals surface area contributed by atoms with Gasteiger partial charge in [0.25, 0.3) is 0 Å². The minimum absolute atomic E-state index is 0.387. The molecule has 1 aromatic carbocycles. The normalized spacial score (nSPS) is 16.1. The van der Waals surface area contributed by atoms with Crippen molar-refractivity contribution in [2.24, 2.45) is 0 Å². The Balaban J connectivity index is 1.91. The molecule has 1 aliphatic rings. The lowest BCUT2D eigenvalue weighted by Gasteiger charge is -2.23. The number of aryl methyl sites for hydroxylation is 1. The van der Waals surface area contributed by atoms with Gasteiger partial charge in [0.15, 0.2) is 0 Å². The molecule has 2 aromatic rings. The second-order valence-corrected chi connectivity index (χ2v) is 5.68. The molecule has 3 nitrogen and oxygen atoms in total. The van der Waals surface area contributed by atoms with Gasteiger partial charge in [-0.05, 0) is 31.9 Å². The zero-order chi connectivity index (χ0) is 14.8. The first-order valence-electron chi connectivity index (χ1n) is 7.41. The van der Waals surface area contributed by atoms with Crippen LogP contribution in [0.5, 0.6) is 0 Å². The largest absolute Gasteiger partial charge is 0.353 e. The third-order valence-electron chi connectivity index (χ3n) is 3.89. The number of rotatable bonds is 3. The summed E-state index contributed by atoms with van der Waals surface area (Å²) in [5.74, 6) is -0.510. The summed E-state index contributed by atoms with van der Waals surface area (Å²) in [5.41, 5.74) is 1.27. The summed E-state index contributed by atoms with van der Waals surface area (Å²) in [6, 6.07) is 3.89. The average Bonchev–Trinajstić information content (AvgIpc) is 2.80. The zero-order valence-electron chi connectivity index (χ0n) is 12.1. The minimum atomic E-state index is -0.583. The van der Waals surface area contributed by atoms with Crippen LogP contribution in [-0.4, -0.2) is 15.6 Å². The molecule has 1 aliphatic carbocycles. The number of nitrogens with one attached hydrogen (secondary N) is 1. The molecule has 1 saturated carbocycles. The molecule has 0 amide bonds. The van der Waals surface area contributed by atoms with E-state index < -0.39 is 11.6 Å². The van der Waals surface area contributed by atoms with Crippen molar-refractivity contribution in [1.82, 2.24) is 9.55 Å². The van der Waals surface area contributed by atoms with E-state index in [4.69, 9.17) is 0 Å². The predicted octanol–water partition coefficient (Wildman–Crippen LogP) is 4.20. The van der Waals surface area contributed by atoms with Gasteiger partial charge >= 0.3 is 0 Å². The Morgan fingerprint density at radius 3 is 2.43 bits per heavy atom. The molecule has 1 fully saturated rings. The molecule has 0 aliphatic heterocycles. The number of aromatic nitrogens is 2. The Morgan fingerprint density at radius 1 is 1.10 bits per heavy atom. The highest BCUT2D eigenvalue weighted by Crippen LogP contribution is 2.24. The fourth-order valence-electron chi connectivity index (χ4n) is 2.90. The molecule has 1 heterocycles. The van der Waals surface area contributed by atoms with Crippen molar-refractivity contribution < 1.29 is 8.78 Å². The zero-order valence-corrected chi connectivity index (χ0v) is 12.1. The topological polar surface area (TPSA) is 29.9 Å². The maximum atomic E-state index is 13.4. The van der Waals surface area contributed by atoms with Gasteiger partial charge < -0.3 is 5.32 Å². The van der Waals surface area contributed by atoms with Gasteiger partial charge in [-0.2, -0.15) is 0 Å². The smallest absolute Gasteiger partial charge is 0.207 e. The van der Waals surface area contributed by atoms with Crippen molar-refractivity contribution in [2.75, 3.05) is 5.32 Å². The van der Waals surface area contributed by atoms with Crippen molar-refractivity contribution in [2.45, 2.75) is 45.1 Å². The maximum Gasteiger partial charge on any atom is 0.207 e. The van der Waals surface area contributed by atoms with Gasteiger partial charge in [-0.15, -0.1) is 0 Å². The number of nitrogens with zero attached hydrogens (tertiary/aromatic N) is 2. The molecule has 0 atom stereocenters. The third-order valence-corrected chi connectivity index (χ3v) is 3.89. The molecule has 3 rings (SSSR count). The van der Waals surface area contributed by atoms with E-state index >= 15 is 0 Å². The molecule has 0 saturated heterocycles. The van der Waals surface area contributed by atoms with Crippen molar-refractivity contribution in [1.29, 1.82) is 0 Å². The summed E-state index contributed by atoms with van der Waals surface area (Å²) in [6.45, 7) is 1.87. The van der Waals surface area contributed by atoms with E-state index in [-0.39, 0.29) is 0 Å². The first-order valence-corrected chi connectivity index (χ1v) is 7.41. The highest BCUT2D eigenvalue weighted by Gasteiger charge is 2.17. The summed E-state index contributed by atoms with van der Waals surface area (Å²) in [7, 11) is 0. The van der Waals surface area contributed by atoms with E-state index in [1.807, 2.05) is 6.92 Å². The predicted molar refractivity (Wildman–Crippen MR) is 78.7 cm³/mol. The molecule has 21 heavy (non-hydrogen) atoms. The second kappa shape index (κ2) is 5.84. The van der Waals surface area contributed by atoms with Gasteiger partial charge in [-0.1, -0.05) is 19.3 Å². The van der Waals surface area contributed by atoms with Crippen molar-refractivity contribution in [3.63, 3.8) is 0 Å². The SMILES string of the molecule is Cc1cn(-c2cc(F)cc(F)c2)c(NC2CCCCC2)n1. The van der Waals surface area contributed by atoms with Crippen molar-refractivity contribution in [3.05, 3.63) is 41.7 Å². The molecule has 5 heteroatoms. The van der Waals surface area contributed by atoms with Crippen LogP contribution in [0.15, 0.2) is 24.4 Å². The molecule has 0 bridgehead atoms. The molecule has 0 radical (unpaired) electrons.